The van der Waals surface area contributed by atoms with E-state index in [0.717, 1.165) is 16.4 Å². The van der Waals surface area contributed by atoms with Crippen molar-refractivity contribution in [3.8, 4) is 0 Å². The van der Waals surface area contributed by atoms with Gasteiger partial charge < -0.3 is 5.32 Å². The second kappa shape index (κ2) is 7.38. The average Bonchev–Trinajstić information content (AvgIpc) is 2.87. The van der Waals surface area contributed by atoms with Gasteiger partial charge in [0.15, 0.2) is 9.84 Å². The number of rotatable bonds is 6. The Morgan fingerprint density at radius 2 is 1.96 bits per heavy atom. The molecule has 0 saturated carbocycles. The average molecular weight is 392 g/mol. The van der Waals surface area contributed by atoms with E-state index in [9.17, 15) is 26.0 Å². The van der Waals surface area contributed by atoms with Crippen molar-refractivity contribution in [2.75, 3.05) is 24.6 Å². The third-order valence-electron chi connectivity index (χ3n) is 4.08. The van der Waals surface area contributed by atoms with Crippen LogP contribution in [-0.4, -0.2) is 57.7 Å². The maximum Gasteiger partial charge on any atom is 0.251 e. The molecule has 0 bridgehead atoms. The summed E-state index contributed by atoms with van der Waals surface area (Å²) in [6, 6.07) is 2.57. The lowest BCUT2D eigenvalue weighted by Gasteiger charge is -2.19. The molecule has 0 spiro atoms. The SMILES string of the molecule is CCN(CC)S(=O)(=O)c1cc(C(=O)NC2CCS(=O)(=O)C2)ccc1F. The summed E-state index contributed by atoms with van der Waals surface area (Å²) in [7, 11) is -7.21. The molecule has 1 saturated heterocycles. The number of hydrogen-bond donors (Lipinski definition) is 1. The number of nitrogens with one attached hydrogen (secondary N) is 1. The number of halogens is 1. The Kier molecular flexibility index (Phi) is 5.85. The molecule has 1 N–H and O–H groups in total. The Labute approximate surface area is 147 Å². The molecule has 1 aliphatic heterocycles. The van der Waals surface area contributed by atoms with Crippen LogP contribution in [0.4, 0.5) is 4.39 Å². The molecule has 140 valence electrons. The molecule has 1 aliphatic rings. The number of hydrogen-bond acceptors (Lipinski definition) is 5. The van der Waals surface area contributed by atoms with E-state index in [4.69, 9.17) is 0 Å². The smallest absolute Gasteiger partial charge is 0.251 e. The lowest BCUT2D eigenvalue weighted by Crippen LogP contribution is -2.36. The topological polar surface area (TPSA) is 101 Å². The molecule has 10 heteroatoms. The van der Waals surface area contributed by atoms with Crippen LogP contribution in [0.15, 0.2) is 23.1 Å². The van der Waals surface area contributed by atoms with Crippen LogP contribution in [0.1, 0.15) is 30.6 Å². The van der Waals surface area contributed by atoms with Gasteiger partial charge in [-0.15, -0.1) is 0 Å². The van der Waals surface area contributed by atoms with Gasteiger partial charge in [-0.05, 0) is 24.6 Å². The largest absolute Gasteiger partial charge is 0.348 e. The number of carbonyl (C=O) groups is 1. The fourth-order valence-corrected chi connectivity index (χ4v) is 5.94. The van der Waals surface area contributed by atoms with Crippen molar-refractivity contribution < 1.29 is 26.0 Å². The molecule has 0 aromatic heterocycles. The van der Waals surface area contributed by atoms with Gasteiger partial charge in [-0.3, -0.25) is 4.79 Å². The summed E-state index contributed by atoms with van der Waals surface area (Å²) in [6.45, 7) is 3.62. The summed E-state index contributed by atoms with van der Waals surface area (Å²) in [6.07, 6.45) is 0.305. The zero-order valence-corrected chi connectivity index (χ0v) is 15.7. The van der Waals surface area contributed by atoms with E-state index >= 15 is 0 Å². The number of benzene rings is 1. The minimum absolute atomic E-state index is 0.00293. The first-order valence-electron chi connectivity index (χ1n) is 7.91. The van der Waals surface area contributed by atoms with Crippen molar-refractivity contribution in [3.63, 3.8) is 0 Å². The van der Waals surface area contributed by atoms with Crippen molar-refractivity contribution >= 4 is 25.8 Å². The number of sulfonamides is 1. The molecule has 7 nitrogen and oxygen atoms in total. The quantitative estimate of drug-likeness (QED) is 0.771. The highest BCUT2D eigenvalue weighted by atomic mass is 32.2. The predicted octanol–water partition coefficient (Wildman–Crippen LogP) is 0.773. The molecular weight excluding hydrogens is 371 g/mol. The molecule has 1 aromatic rings. The van der Waals surface area contributed by atoms with E-state index in [1.54, 1.807) is 13.8 Å². The molecule has 1 unspecified atom stereocenters. The molecule has 1 fully saturated rings. The van der Waals surface area contributed by atoms with Gasteiger partial charge in [0.25, 0.3) is 5.91 Å². The Morgan fingerprint density at radius 3 is 2.48 bits per heavy atom. The van der Waals surface area contributed by atoms with Crippen LogP contribution in [0.3, 0.4) is 0 Å². The minimum Gasteiger partial charge on any atom is -0.348 e. The second-order valence-electron chi connectivity index (χ2n) is 5.81. The normalized spacial score (nSPS) is 19.9. The molecule has 1 amide bonds. The van der Waals surface area contributed by atoms with Crippen molar-refractivity contribution in [1.29, 1.82) is 0 Å². The van der Waals surface area contributed by atoms with E-state index in [-0.39, 0.29) is 30.2 Å². The zero-order valence-electron chi connectivity index (χ0n) is 14.0. The van der Waals surface area contributed by atoms with Crippen LogP contribution >= 0.6 is 0 Å². The maximum absolute atomic E-state index is 14.1. The number of nitrogens with zero attached hydrogens (tertiary/aromatic N) is 1. The summed E-state index contributed by atoms with van der Waals surface area (Å²) < 4.78 is 63.0. The highest BCUT2D eigenvalue weighted by Gasteiger charge is 2.30. The summed E-state index contributed by atoms with van der Waals surface area (Å²) in [5, 5.41) is 2.56. The Balaban J connectivity index is 2.28. The summed E-state index contributed by atoms with van der Waals surface area (Å²) in [5.41, 5.74) is -0.0311. The predicted molar refractivity (Wildman–Crippen MR) is 91.0 cm³/mol. The van der Waals surface area contributed by atoms with Crippen molar-refractivity contribution in [2.45, 2.75) is 31.2 Å². The molecule has 1 heterocycles. The summed E-state index contributed by atoms with van der Waals surface area (Å²) in [4.78, 5) is 11.7. The first kappa shape index (κ1) is 19.8. The highest BCUT2D eigenvalue weighted by molar-refractivity contribution is 7.91. The standard InChI is InChI=1S/C15H21FN2O5S2/c1-3-18(4-2)25(22,23)14-9-11(5-6-13(14)16)15(19)17-12-7-8-24(20,21)10-12/h5-6,9,12H,3-4,7-8,10H2,1-2H3,(H,17,19). The fourth-order valence-electron chi connectivity index (χ4n) is 2.72. The Morgan fingerprint density at radius 1 is 1.32 bits per heavy atom. The minimum atomic E-state index is -4.05. The van der Waals surface area contributed by atoms with Gasteiger partial charge in [0.1, 0.15) is 10.7 Å². The first-order chi connectivity index (χ1) is 11.6. The molecule has 0 aliphatic carbocycles. The van der Waals surface area contributed by atoms with Crippen LogP contribution in [0.5, 0.6) is 0 Å². The van der Waals surface area contributed by atoms with Crippen LogP contribution in [-0.2, 0) is 19.9 Å². The van der Waals surface area contributed by atoms with E-state index in [0.29, 0.717) is 6.42 Å². The van der Waals surface area contributed by atoms with Gasteiger partial charge in [-0.2, -0.15) is 4.31 Å². The van der Waals surface area contributed by atoms with Gasteiger partial charge in [0.2, 0.25) is 10.0 Å². The number of amides is 1. The molecule has 25 heavy (non-hydrogen) atoms. The Bertz CT molecular complexity index is 864. The molecule has 0 radical (unpaired) electrons. The van der Waals surface area contributed by atoms with Crippen LogP contribution in [0.2, 0.25) is 0 Å². The van der Waals surface area contributed by atoms with Crippen molar-refractivity contribution in [2.24, 2.45) is 0 Å². The van der Waals surface area contributed by atoms with Gasteiger partial charge >= 0.3 is 0 Å². The van der Waals surface area contributed by atoms with E-state index in [1.807, 2.05) is 0 Å². The monoisotopic (exact) mass is 392 g/mol. The molecule has 1 aromatic carbocycles. The van der Waals surface area contributed by atoms with Crippen LogP contribution in [0.25, 0.3) is 0 Å². The third kappa shape index (κ3) is 4.36. The molecule has 2 rings (SSSR count). The van der Waals surface area contributed by atoms with Crippen LogP contribution in [0, 0.1) is 5.82 Å². The van der Waals surface area contributed by atoms with Crippen molar-refractivity contribution in [1.82, 2.24) is 9.62 Å². The summed E-state index contributed by atoms with van der Waals surface area (Å²) in [5.74, 6) is -1.71. The van der Waals surface area contributed by atoms with Gasteiger partial charge in [-0.25, -0.2) is 21.2 Å². The van der Waals surface area contributed by atoms with Gasteiger partial charge in [0, 0.05) is 24.7 Å². The molecule has 1 atom stereocenters. The lowest BCUT2D eigenvalue weighted by molar-refractivity contribution is 0.0941. The maximum atomic E-state index is 14.1. The van der Waals surface area contributed by atoms with Gasteiger partial charge in [0.05, 0.1) is 11.5 Å². The van der Waals surface area contributed by atoms with Crippen LogP contribution < -0.4 is 5.32 Å². The van der Waals surface area contributed by atoms with E-state index in [2.05, 4.69) is 5.32 Å². The van der Waals surface area contributed by atoms with E-state index in [1.165, 1.54) is 6.07 Å². The number of sulfone groups is 1. The van der Waals surface area contributed by atoms with Crippen molar-refractivity contribution in [3.05, 3.63) is 29.6 Å². The lowest BCUT2D eigenvalue weighted by atomic mass is 10.2. The summed E-state index contributed by atoms with van der Waals surface area (Å²) >= 11 is 0. The fraction of sp³-hybridized carbons (Fsp3) is 0.533. The molecular formula is C15H21FN2O5S2. The van der Waals surface area contributed by atoms with E-state index < -0.39 is 42.5 Å². The second-order valence-corrected chi connectivity index (χ2v) is 9.94. The Hall–Kier alpha value is -1.52. The zero-order chi connectivity index (χ0) is 18.8. The number of carbonyl (C=O) groups excluding carboxylic acids is 1. The third-order valence-corrected chi connectivity index (χ3v) is 7.92. The highest BCUT2D eigenvalue weighted by Crippen LogP contribution is 2.21. The first-order valence-corrected chi connectivity index (χ1v) is 11.2. The van der Waals surface area contributed by atoms with Gasteiger partial charge in [-0.1, -0.05) is 13.8 Å².